The number of fused-ring (bicyclic) bond motifs is 1. The topological polar surface area (TPSA) is 88.1 Å². The molecule has 0 saturated carbocycles. The summed E-state index contributed by atoms with van der Waals surface area (Å²) in [4.78, 5) is 25.9. The van der Waals surface area contributed by atoms with Crippen LogP contribution in [0.3, 0.4) is 0 Å². The van der Waals surface area contributed by atoms with Crippen molar-refractivity contribution in [3.8, 4) is 5.75 Å². The Kier molecular flexibility index (Phi) is 8.21. The van der Waals surface area contributed by atoms with Crippen LogP contribution in [0.1, 0.15) is 22.8 Å². The number of likely N-dealkylation sites (N-methyl/N-ethyl adjacent to an activating group) is 1. The lowest BCUT2D eigenvalue weighted by Gasteiger charge is -2.26. The fourth-order valence-electron chi connectivity index (χ4n) is 2.79. The van der Waals surface area contributed by atoms with Crippen molar-refractivity contribution in [2.24, 2.45) is 11.8 Å². The maximum absolute atomic E-state index is 12.7. The molecule has 8 heteroatoms. The van der Waals surface area contributed by atoms with Crippen LogP contribution >= 0.6 is 13.5 Å². The third-order valence-corrected chi connectivity index (χ3v) is 4.38. The Morgan fingerprint density at radius 1 is 1.44 bits per heavy atom. The Hall–Kier alpha value is -1.77. The Bertz CT molecular complexity index is 611. The molecule has 7 nitrogen and oxygen atoms in total. The van der Waals surface area contributed by atoms with Gasteiger partial charge in [0.05, 0.1) is 13.2 Å². The first-order chi connectivity index (χ1) is 11.5. The summed E-state index contributed by atoms with van der Waals surface area (Å²) in [5, 5.41) is 8.74. The van der Waals surface area contributed by atoms with Crippen molar-refractivity contribution < 1.29 is 24.3 Å². The van der Waals surface area contributed by atoms with E-state index in [9.17, 15) is 9.59 Å². The van der Waals surface area contributed by atoms with E-state index in [-0.39, 0.29) is 31.2 Å². The van der Waals surface area contributed by atoms with Crippen molar-refractivity contribution in [1.82, 2.24) is 10.4 Å². The van der Waals surface area contributed by atoms with Gasteiger partial charge >= 0.3 is 0 Å². The third-order valence-electron chi connectivity index (χ3n) is 4.38. The van der Waals surface area contributed by atoms with Crippen molar-refractivity contribution in [1.29, 1.82) is 0 Å². The number of rotatable bonds is 5. The van der Waals surface area contributed by atoms with Gasteiger partial charge in [0.15, 0.2) is 0 Å². The summed E-state index contributed by atoms with van der Waals surface area (Å²) in [5.74, 6) is -0.0905. The highest BCUT2D eigenvalue weighted by molar-refractivity contribution is 7.59. The Labute approximate surface area is 154 Å². The Morgan fingerprint density at radius 2 is 2.16 bits per heavy atom. The minimum atomic E-state index is -0.592. The van der Waals surface area contributed by atoms with Gasteiger partial charge in [0.25, 0.3) is 5.91 Å². The Morgan fingerprint density at radius 3 is 2.80 bits per heavy atom. The van der Waals surface area contributed by atoms with Gasteiger partial charge in [-0.1, -0.05) is 13.0 Å². The van der Waals surface area contributed by atoms with Crippen LogP contribution in [0.2, 0.25) is 0 Å². The molecule has 0 spiro atoms. The summed E-state index contributed by atoms with van der Waals surface area (Å²) in [6.45, 7) is 3.42. The fourth-order valence-corrected chi connectivity index (χ4v) is 2.79. The summed E-state index contributed by atoms with van der Waals surface area (Å²) in [7, 11) is 3.38. The molecule has 2 atom stereocenters. The first-order valence-corrected chi connectivity index (χ1v) is 7.92. The van der Waals surface area contributed by atoms with Crippen LogP contribution in [0.15, 0.2) is 18.2 Å². The molecule has 1 aromatic rings. The zero-order valence-corrected chi connectivity index (χ0v) is 15.7. The van der Waals surface area contributed by atoms with E-state index >= 15 is 0 Å². The number of benzene rings is 1. The molecular weight excluding hydrogens is 344 g/mol. The van der Waals surface area contributed by atoms with E-state index in [4.69, 9.17) is 14.7 Å². The van der Waals surface area contributed by atoms with E-state index in [1.165, 1.54) is 0 Å². The number of hydrogen-bond donors (Lipinski definition) is 2. The SMILES string of the molecule is COCCN(C)C(=O)C1Cc2ccc(C(=O)NO)cc2OC[C@@H]1C.S. The molecule has 1 unspecified atom stereocenters. The lowest BCUT2D eigenvalue weighted by molar-refractivity contribution is -0.136. The summed E-state index contributed by atoms with van der Waals surface area (Å²) in [5.41, 5.74) is 2.80. The minimum Gasteiger partial charge on any atom is -0.493 e. The summed E-state index contributed by atoms with van der Waals surface area (Å²) in [6, 6.07) is 4.97. The zero-order chi connectivity index (χ0) is 17.7. The largest absolute Gasteiger partial charge is 0.493 e. The second-order valence-corrected chi connectivity index (χ2v) is 6.11. The number of carbonyl (C=O) groups excluding carboxylic acids is 2. The van der Waals surface area contributed by atoms with Crippen LogP contribution in [0, 0.1) is 11.8 Å². The molecule has 2 N–H and O–H groups in total. The monoisotopic (exact) mass is 370 g/mol. The number of amides is 2. The van der Waals surface area contributed by atoms with Gasteiger partial charge in [0.1, 0.15) is 5.75 Å². The van der Waals surface area contributed by atoms with Gasteiger partial charge < -0.3 is 14.4 Å². The van der Waals surface area contributed by atoms with Crippen molar-refractivity contribution in [3.05, 3.63) is 29.3 Å². The highest BCUT2D eigenvalue weighted by Crippen LogP contribution is 2.31. The predicted molar refractivity (Wildman–Crippen MR) is 97.4 cm³/mol. The molecule has 0 bridgehead atoms. The minimum absolute atomic E-state index is 0. The number of carbonyl (C=O) groups is 2. The highest BCUT2D eigenvalue weighted by atomic mass is 32.1. The summed E-state index contributed by atoms with van der Waals surface area (Å²) < 4.78 is 10.8. The molecule has 140 valence electrons. The number of nitrogens with zero attached hydrogens (tertiary/aromatic N) is 1. The van der Waals surface area contributed by atoms with Crippen molar-refractivity contribution in [2.75, 3.05) is 33.9 Å². The Balaban J connectivity index is 0.00000312. The molecule has 1 aromatic carbocycles. The summed E-state index contributed by atoms with van der Waals surface area (Å²) >= 11 is 0. The number of methoxy groups -OCH3 is 1. The predicted octanol–water partition coefficient (Wildman–Crippen LogP) is 1.21. The maximum Gasteiger partial charge on any atom is 0.274 e. The number of nitrogens with one attached hydrogen (secondary N) is 1. The molecule has 1 aliphatic rings. The van der Waals surface area contributed by atoms with Gasteiger partial charge in [-0.2, -0.15) is 13.5 Å². The van der Waals surface area contributed by atoms with Gasteiger partial charge in [-0.3, -0.25) is 14.8 Å². The molecule has 0 aromatic heterocycles. The quantitative estimate of drug-likeness (QED) is 0.601. The average Bonchev–Trinajstić information content (AvgIpc) is 2.76. The first kappa shape index (κ1) is 21.3. The van der Waals surface area contributed by atoms with E-state index < -0.39 is 5.91 Å². The molecule has 1 aliphatic heterocycles. The van der Waals surface area contributed by atoms with Gasteiger partial charge in [0.2, 0.25) is 5.91 Å². The van der Waals surface area contributed by atoms with Crippen molar-refractivity contribution in [2.45, 2.75) is 13.3 Å². The molecule has 1 heterocycles. The average molecular weight is 370 g/mol. The molecule has 0 fully saturated rings. The van der Waals surface area contributed by atoms with Crippen LogP contribution in [-0.2, 0) is 16.0 Å². The molecule has 0 saturated heterocycles. The lowest BCUT2D eigenvalue weighted by Crippen LogP contribution is -2.39. The molecule has 2 amide bonds. The van der Waals surface area contributed by atoms with Crippen LogP contribution < -0.4 is 10.2 Å². The van der Waals surface area contributed by atoms with Crippen molar-refractivity contribution in [3.63, 3.8) is 0 Å². The van der Waals surface area contributed by atoms with E-state index in [2.05, 4.69) is 0 Å². The van der Waals surface area contributed by atoms with E-state index in [1.54, 1.807) is 42.7 Å². The summed E-state index contributed by atoms with van der Waals surface area (Å²) in [6.07, 6.45) is 0.549. The molecular formula is C17H26N2O5S. The number of hydroxylamine groups is 1. The van der Waals surface area contributed by atoms with Gasteiger partial charge in [-0.25, -0.2) is 5.48 Å². The van der Waals surface area contributed by atoms with Gasteiger partial charge in [0, 0.05) is 38.1 Å². The van der Waals surface area contributed by atoms with Gasteiger partial charge in [-0.05, 0) is 24.1 Å². The second-order valence-electron chi connectivity index (χ2n) is 6.11. The first-order valence-electron chi connectivity index (χ1n) is 7.92. The fraction of sp³-hybridized carbons (Fsp3) is 0.529. The van der Waals surface area contributed by atoms with Crippen LogP contribution in [-0.4, -0.2) is 55.8 Å². The second kappa shape index (κ2) is 9.65. The van der Waals surface area contributed by atoms with Crippen LogP contribution in [0.5, 0.6) is 5.75 Å². The van der Waals surface area contributed by atoms with E-state index in [0.717, 1.165) is 5.56 Å². The van der Waals surface area contributed by atoms with Gasteiger partial charge in [-0.15, -0.1) is 0 Å². The molecule has 2 rings (SSSR count). The normalized spacial score (nSPS) is 18.9. The number of hydrogen-bond acceptors (Lipinski definition) is 5. The highest BCUT2D eigenvalue weighted by Gasteiger charge is 2.32. The molecule has 0 aliphatic carbocycles. The van der Waals surface area contributed by atoms with Crippen LogP contribution in [0.25, 0.3) is 0 Å². The zero-order valence-electron chi connectivity index (χ0n) is 14.7. The number of ether oxygens (including phenoxy) is 2. The van der Waals surface area contributed by atoms with E-state index in [0.29, 0.717) is 37.5 Å². The smallest absolute Gasteiger partial charge is 0.274 e. The van der Waals surface area contributed by atoms with Crippen LogP contribution in [0.4, 0.5) is 0 Å². The van der Waals surface area contributed by atoms with Crippen molar-refractivity contribution >= 4 is 25.3 Å². The lowest BCUT2D eigenvalue weighted by atomic mass is 9.87. The van der Waals surface area contributed by atoms with E-state index in [1.807, 2.05) is 6.92 Å². The standard InChI is InChI=1S/C17H24N2O5.H2S/c1-11-10-24-15-9-13(16(20)18-22)5-4-12(15)8-14(11)17(21)19(2)6-7-23-3;/h4-5,9,11,14,22H,6-8,10H2,1-3H3,(H,18,20);1H2/t11-,14?;/m0./s1. The third kappa shape index (κ3) is 5.10. The maximum atomic E-state index is 12.7. The molecule has 25 heavy (non-hydrogen) atoms. The molecule has 0 radical (unpaired) electrons.